The third-order valence-corrected chi connectivity index (χ3v) is 6.00. The molecule has 1 atom stereocenters. The lowest BCUT2D eigenvalue weighted by atomic mass is 9.71. The van der Waals surface area contributed by atoms with Crippen molar-refractivity contribution in [3.8, 4) is 0 Å². The maximum absolute atomic E-state index is 12.3. The van der Waals surface area contributed by atoms with Gasteiger partial charge in [-0.2, -0.15) is 0 Å². The van der Waals surface area contributed by atoms with Crippen molar-refractivity contribution in [1.82, 2.24) is 9.80 Å². The van der Waals surface area contributed by atoms with Crippen molar-refractivity contribution in [2.24, 2.45) is 17.3 Å². The van der Waals surface area contributed by atoms with Crippen molar-refractivity contribution in [3.63, 3.8) is 0 Å². The predicted octanol–water partition coefficient (Wildman–Crippen LogP) is 0.866. The molecule has 3 aliphatic rings. The Hall–Kier alpha value is -1.10. The summed E-state index contributed by atoms with van der Waals surface area (Å²) in [6, 6.07) is 0. The Morgan fingerprint density at radius 3 is 2.33 bits per heavy atom. The monoisotopic (exact) mass is 294 g/mol. The summed E-state index contributed by atoms with van der Waals surface area (Å²) in [5, 5.41) is 9.68. The summed E-state index contributed by atoms with van der Waals surface area (Å²) >= 11 is 0. The Balaban J connectivity index is 1.63. The zero-order chi connectivity index (χ0) is 15.0. The quantitative estimate of drug-likeness (QED) is 0.822. The fraction of sp³-hybridized carbons (Fsp3) is 0.875. The third-order valence-electron chi connectivity index (χ3n) is 6.00. The van der Waals surface area contributed by atoms with Crippen LogP contribution in [0.5, 0.6) is 0 Å². The number of aliphatic hydroxyl groups is 1. The second-order valence-electron chi connectivity index (χ2n) is 7.09. The van der Waals surface area contributed by atoms with Gasteiger partial charge in [0.1, 0.15) is 0 Å². The van der Waals surface area contributed by atoms with E-state index in [4.69, 9.17) is 0 Å². The molecule has 0 aromatic heterocycles. The minimum absolute atomic E-state index is 0.0246. The van der Waals surface area contributed by atoms with E-state index in [-0.39, 0.29) is 29.8 Å². The van der Waals surface area contributed by atoms with Gasteiger partial charge in [-0.15, -0.1) is 0 Å². The molecule has 2 amide bonds. The number of nitrogens with zero attached hydrogens (tertiary/aromatic N) is 2. The molecule has 3 rings (SSSR count). The van der Waals surface area contributed by atoms with Gasteiger partial charge < -0.3 is 14.9 Å². The summed E-state index contributed by atoms with van der Waals surface area (Å²) in [6.45, 7) is 4.74. The van der Waals surface area contributed by atoms with Crippen LogP contribution in [0, 0.1) is 17.3 Å². The summed E-state index contributed by atoms with van der Waals surface area (Å²) in [5.74, 6) is 0.865. The number of rotatable bonds is 2. The van der Waals surface area contributed by atoms with Crippen LogP contribution in [-0.2, 0) is 9.59 Å². The molecular weight excluding hydrogens is 268 g/mol. The van der Waals surface area contributed by atoms with Gasteiger partial charge in [0.2, 0.25) is 11.8 Å². The molecule has 2 aliphatic heterocycles. The van der Waals surface area contributed by atoms with Crippen LogP contribution in [0.3, 0.4) is 0 Å². The van der Waals surface area contributed by atoms with Crippen molar-refractivity contribution in [3.05, 3.63) is 0 Å². The Kier molecular flexibility index (Phi) is 3.95. The fourth-order valence-electron chi connectivity index (χ4n) is 4.18. The zero-order valence-electron chi connectivity index (χ0n) is 12.9. The molecule has 0 aromatic carbocycles. The van der Waals surface area contributed by atoms with E-state index < -0.39 is 0 Å². The number of carbonyl (C=O) groups is 2. The van der Waals surface area contributed by atoms with Gasteiger partial charge in [-0.05, 0) is 31.1 Å². The minimum atomic E-state index is 0.0246. The predicted molar refractivity (Wildman–Crippen MR) is 78.4 cm³/mol. The van der Waals surface area contributed by atoms with E-state index in [1.54, 1.807) is 6.92 Å². The first-order valence-corrected chi connectivity index (χ1v) is 8.21. The number of hydrogen-bond donors (Lipinski definition) is 1. The van der Waals surface area contributed by atoms with Gasteiger partial charge in [0.25, 0.3) is 0 Å². The maximum atomic E-state index is 12.3. The summed E-state index contributed by atoms with van der Waals surface area (Å²) in [4.78, 5) is 27.8. The summed E-state index contributed by atoms with van der Waals surface area (Å²) in [7, 11) is 0. The Labute approximate surface area is 126 Å². The zero-order valence-corrected chi connectivity index (χ0v) is 12.9. The van der Waals surface area contributed by atoms with Gasteiger partial charge in [0.15, 0.2) is 0 Å². The highest BCUT2D eigenvalue weighted by molar-refractivity contribution is 5.79. The lowest BCUT2D eigenvalue weighted by Gasteiger charge is -2.43. The SMILES string of the molecule is CC(=O)N1CC(CO)C2(CCN(C(=O)C3CCC3)CC2)C1. The first-order chi connectivity index (χ1) is 10.1. The molecule has 5 heteroatoms. The van der Waals surface area contributed by atoms with Crippen molar-refractivity contribution < 1.29 is 14.7 Å². The van der Waals surface area contributed by atoms with Crippen LogP contribution in [0.4, 0.5) is 0 Å². The average molecular weight is 294 g/mol. The van der Waals surface area contributed by atoms with Gasteiger partial charge in [-0.1, -0.05) is 6.42 Å². The first-order valence-electron chi connectivity index (χ1n) is 8.21. The molecule has 5 nitrogen and oxygen atoms in total. The largest absolute Gasteiger partial charge is 0.396 e. The molecule has 1 spiro atoms. The molecule has 0 bridgehead atoms. The molecule has 1 aliphatic carbocycles. The third kappa shape index (κ3) is 2.56. The summed E-state index contributed by atoms with van der Waals surface area (Å²) < 4.78 is 0. The van der Waals surface area contributed by atoms with Crippen LogP contribution in [0.15, 0.2) is 0 Å². The Bertz CT molecular complexity index is 425. The maximum Gasteiger partial charge on any atom is 0.225 e. The molecule has 0 radical (unpaired) electrons. The molecule has 3 fully saturated rings. The van der Waals surface area contributed by atoms with Crippen LogP contribution in [-0.4, -0.2) is 59.5 Å². The fourth-order valence-corrected chi connectivity index (χ4v) is 4.18. The number of amides is 2. The minimum Gasteiger partial charge on any atom is -0.396 e. The summed E-state index contributed by atoms with van der Waals surface area (Å²) in [6.07, 6.45) is 5.13. The van der Waals surface area contributed by atoms with Crippen LogP contribution in [0.25, 0.3) is 0 Å². The molecule has 1 saturated carbocycles. The molecular formula is C16H26N2O3. The van der Waals surface area contributed by atoms with Gasteiger partial charge >= 0.3 is 0 Å². The van der Waals surface area contributed by atoms with Crippen LogP contribution in [0.2, 0.25) is 0 Å². The highest BCUT2D eigenvalue weighted by Crippen LogP contribution is 2.45. The smallest absolute Gasteiger partial charge is 0.225 e. The van der Waals surface area contributed by atoms with Gasteiger partial charge in [-0.3, -0.25) is 9.59 Å². The molecule has 2 heterocycles. The van der Waals surface area contributed by atoms with E-state index in [9.17, 15) is 14.7 Å². The summed E-state index contributed by atoms with van der Waals surface area (Å²) in [5.41, 5.74) is 0.0246. The average Bonchev–Trinajstić information content (AvgIpc) is 2.76. The van der Waals surface area contributed by atoms with E-state index >= 15 is 0 Å². The molecule has 118 valence electrons. The second-order valence-corrected chi connectivity index (χ2v) is 7.09. The number of aliphatic hydroxyl groups excluding tert-OH is 1. The van der Waals surface area contributed by atoms with E-state index in [0.29, 0.717) is 12.5 Å². The number of hydrogen-bond acceptors (Lipinski definition) is 3. The molecule has 0 aromatic rings. The van der Waals surface area contributed by atoms with Crippen LogP contribution < -0.4 is 0 Å². The highest BCUT2D eigenvalue weighted by atomic mass is 16.3. The molecule has 1 unspecified atom stereocenters. The van der Waals surface area contributed by atoms with E-state index in [1.807, 2.05) is 9.80 Å². The Morgan fingerprint density at radius 1 is 1.19 bits per heavy atom. The number of piperidine rings is 1. The van der Waals surface area contributed by atoms with Crippen molar-refractivity contribution in [2.75, 3.05) is 32.8 Å². The van der Waals surface area contributed by atoms with E-state index in [2.05, 4.69) is 0 Å². The standard InChI is InChI=1S/C16H26N2O3/c1-12(20)18-9-14(10-19)16(11-18)5-7-17(8-6-16)15(21)13-3-2-4-13/h13-14,19H,2-11H2,1H3. The number of carbonyl (C=O) groups excluding carboxylic acids is 2. The van der Waals surface area contributed by atoms with Crippen molar-refractivity contribution in [1.29, 1.82) is 0 Å². The topological polar surface area (TPSA) is 60.9 Å². The molecule has 1 N–H and O–H groups in total. The van der Waals surface area contributed by atoms with Crippen LogP contribution in [0.1, 0.15) is 39.0 Å². The van der Waals surface area contributed by atoms with Gasteiger partial charge in [0.05, 0.1) is 0 Å². The lowest BCUT2D eigenvalue weighted by molar-refractivity contribution is -0.141. The first kappa shape index (κ1) is 14.8. The molecule has 21 heavy (non-hydrogen) atoms. The highest BCUT2D eigenvalue weighted by Gasteiger charge is 2.49. The van der Waals surface area contributed by atoms with E-state index in [1.165, 1.54) is 6.42 Å². The van der Waals surface area contributed by atoms with Crippen molar-refractivity contribution >= 4 is 11.8 Å². The van der Waals surface area contributed by atoms with Gasteiger partial charge in [-0.25, -0.2) is 0 Å². The van der Waals surface area contributed by atoms with Crippen LogP contribution >= 0.6 is 0 Å². The van der Waals surface area contributed by atoms with Gasteiger partial charge in [0, 0.05) is 51.5 Å². The molecule has 2 saturated heterocycles. The normalized spacial score (nSPS) is 28.8. The Morgan fingerprint density at radius 2 is 1.86 bits per heavy atom. The van der Waals surface area contributed by atoms with E-state index in [0.717, 1.165) is 45.3 Å². The lowest BCUT2D eigenvalue weighted by Crippen LogP contribution is -2.49. The second kappa shape index (κ2) is 5.59. The van der Waals surface area contributed by atoms with Crippen molar-refractivity contribution in [2.45, 2.75) is 39.0 Å². The number of likely N-dealkylation sites (tertiary alicyclic amines) is 2.